The SMILES string of the molecule is O=C(CSc1nncs1)N1CCC[C@@H]1c1ccc2c(c1)OCCCO2. The van der Waals surface area contributed by atoms with E-state index in [1.807, 2.05) is 17.0 Å². The second-order valence-electron chi connectivity index (χ2n) is 6.00. The van der Waals surface area contributed by atoms with Gasteiger partial charge >= 0.3 is 0 Å². The fourth-order valence-electron chi connectivity index (χ4n) is 3.23. The molecule has 1 atom stereocenters. The van der Waals surface area contributed by atoms with Crippen molar-refractivity contribution in [3.05, 3.63) is 29.3 Å². The Balaban J connectivity index is 1.47. The normalized spacial score (nSPS) is 19.7. The number of amides is 1. The van der Waals surface area contributed by atoms with Gasteiger partial charge in [0.15, 0.2) is 15.8 Å². The Labute approximate surface area is 154 Å². The van der Waals surface area contributed by atoms with Gasteiger partial charge in [-0.3, -0.25) is 4.79 Å². The molecule has 6 nitrogen and oxygen atoms in total. The second kappa shape index (κ2) is 7.61. The van der Waals surface area contributed by atoms with Gasteiger partial charge in [0.1, 0.15) is 5.51 Å². The van der Waals surface area contributed by atoms with Crippen LogP contribution in [0.4, 0.5) is 0 Å². The van der Waals surface area contributed by atoms with E-state index in [1.165, 1.54) is 23.1 Å². The summed E-state index contributed by atoms with van der Waals surface area (Å²) >= 11 is 2.92. The Morgan fingerprint density at radius 2 is 2.16 bits per heavy atom. The van der Waals surface area contributed by atoms with Crippen LogP contribution in [0.1, 0.15) is 30.9 Å². The van der Waals surface area contributed by atoms with Gasteiger partial charge in [0.05, 0.1) is 25.0 Å². The molecule has 2 aliphatic heterocycles. The summed E-state index contributed by atoms with van der Waals surface area (Å²) in [7, 11) is 0. The zero-order valence-electron chi connectivity index (χ0n) is 13.7. The number of aromatic nitrogens is 2. The van der Waals surface area contributed by atoms with Gasteiger partial charge in [0.2, 0.25) is 5.91 Å². The van der Waals surface area contributed by atoms with Gasteiger partial charge < -0.3 is 14.4 Å². The first-order chi connectivity index (χ1) is 12.3. The predicted octanol–water partition coefficient (Wildman–Crippen LogP) is 3.16. The maximum Gasteiger partial charge on any atom is 0.233 e. The topological polar surface area (TPSA) is 64.6 Å². The third-order valence-corrected chi connectivity index (χ3v) is 6.23. The number of carbonyl (C=O) groups is 1. The molecule has 25 heavy (non-hydrogen) atoms. The van der Waals surface area contributed by atoms with Crippen LogP contribution in [-0.4, -0.2) is 46.5 Å². The first kappa shape index (κ1) is 16.7. The zero-order valence-corrected chi connectivity index (χ0v) is 15.4. The Kier molecular flexibility index (Phi) is 5.07. The van der Waals surface area contributed by atoms with Crippen molar-refractivity contribution in [2.75, 3.05) is 25.5 Å². The number of thioether (sulfide) groups is 1. The maximum absolute atomic E-state index is 12.7. The van der Waals surface area contributed by atoms with E-state index in [2.05, 4.69) is 16.3 Å². The number of nitrogens with zero attached hydrogens (tertiary/aromatic N) is 3. The minimum Gasteiger partial charge on any atom is -0.490 e. The molecule has 3 heterocycles. The minimum atomic E-state index is 0.111. The molecule has 1 amide bonds. The number of ether oxygens (including phenoxy) is 2. The van der Waals surface area contributed by atoms with E-state index < -0.39 is 0 Å². The molecule has 4 rings (SSSR count). The molecule has 0 aliphatic carbocycles. The molecule has 132 valence electrons. The van der Waals surface area contributed by atoms with Crippen LogP contribution < -0.4 is 9.47 Å². The van der Waals surface area contributed by atoms with Crippen molar-refractivity contribution < 1.29 is 14.3 Å². The molecule has 0 bridgehead atoms. The molecule has 1 aromatic heterocycles. The van der Waals surface area contributed by atoms with Crippen molar-refractivity contribution in [2.45, 2.75) is 29.6 Å². The van der Waals surface area contributed by atoms with Gasteiger partial charge in [-0.25, -0.2) is 0 Å². The summed E-state index contributed by atoms with van der Waals surface area (Å²) in [5.41, 5.74) is 2.81. The second-order valence-corrected chi connectivity index (χ2v) is 8.05. The molecule has 0 radical (unpaired) electrons. The molecule has 2 aromatic rings. The van der Waals surface area contributed by atoms with Gasteiger partial charge in [-0.05, 0) is 30.5 Å². The van der Waals surface area contributed by atoms with E-state index in [4.69, 9.17) is 9.47 Å². The molecule has 1 fully saturated rings. The molecule has 0 unspecified atom stereocenters. The summed E-state index contributed by atoms with van der Waals surface area (Å²) in [6, 6.07) is 6.17. The molecule has 0 N–H and O–H groups in total. The summed E-state index contributed by atoms with van der Waals surface area (Å²) in [6.45, 7) is 2.15. The highest BCUT2D eigenvalue weighted by Gasteiger charge is 2.30. The highest BCUT2D eigenvalue weighted by molar-refractivity contribution is 8.01. The van der Waals surface area contributed by atoms with Gasteiger partial charge in [-0.2, -0.15) is 0 Å². The van der Waals surface area contributed by atoms with E-state index in [0.717, 1.165) is 47.2 Å². The van der Waals surface area contributed by atoms with E-state index in [0.29, 0.717) is 19.0 Å². The number of fused-ring (bicyclic) bond motifs is 1. The van der Waals surface area contributed by atoms with Crippen LogP contribution in [0.15, 0.2) is 28.0 Å². The lowest BCUT2D eigenvalue weighted by molar-refractivity contribution is -0.129. The zero-order chi connectivity index (χ0) is 17.1. The van der Waals surface area contributed by atoms with Crippen LogP contribution in [0, 0.1) is 0 Å². The van der Waals surface area contributed by atoms with Crippen molar-refractivity contribution in [3.63, 3.8) is 0 Å². The number of benzene rings is 1. The third kappa shape index (κ3) is 3.74. The number of hydrogen-bond donors (Lipinski definition) is 0. The molecule has 2 aliphatic rings. The highest BCUT2D eigenvalue weighted by atomic mass is 32.2. The summed E-state index contributed by atoms with van der Waals surface area (Å²) in [6.07, 6.45) is 2.89. The van der Waals surface area contributed by atoms with Gasteiger partial charge in [0, 0.05) is 13.0 Å². The van der Waals surface area contributed by atoms with E-state index in [9.17, 15) is 4.79 Å². The lowest BCUT2D eigenvalue weighted by Crippen LogP contribution is -2.32. The van der Waals surface area contributed by atoms with Crippen molar-refractivity contribution in [2.24, 2.45) is 0 Å². The quantitative estimate of drug-likeness (QED) is 0.763. The summed E-state index contributed by atoms with van der Waals surface area (Å²) in [5.74, 6) is 2.13. The Hall–Kier alpha value is -1.80. The molecule has 8 heteroatoms. The van der Waals surface area contributed by atoms with Crippen LogP contribution in [0.25, 0.3) is 0 Å². The Morgan fingerprint density at radius 3 is 3.00 bits per heavy atom. The molecular weight excluding hydrogens is 358 g/mol. The van der Waals surface area contributed by atoms with Crippen molar-refractivity contribution in [1.82, 2.24) is 15.1 Å². The highest BCUT2D eigenvalue weighted by Crippen LogP contribution is 2.38. The number of hydrogen-bond acceptors (Lipinski definition) is 7. The molecule has 0 saturated carbocycles. The average Bonchev–Trinajstić information content (AvgIpc) is 3.27. The largest absolute Gasteiger partial charge is 0.490 e. The van der Waals surface area contributed by atoms with Crippen molar-refractivity contribution in [3.8, 4) is 11.5 Å². The predicted molar refractivity (Wildman–Crippen MR) is 96.4 cm³/mol. The molecular formula is C17H19N3O3S2. The summed E-state index contributed by atoms with van der Waals surface area (Å²) in [5, 5.41) is 7.79. The standard InChI is InChI=1S/C17H19N3O3S2/c21-16(10-24-17-19-18-11-25-17)20-6-1-3-13(20)12-4-5-14-15(9-12)23-8-2-7-22-14/h4-5,9,11,13H,1-3,6-8,10H2/t13-/m1/s1. The van der Waals surface area contributed by atoms with Gasteiger partial charge in [0.25, 0.3) is 0 Å². The minimum absolute atomic E-state index is 0.111. The van der Waals surface area contributed by atoms with Crippen LogP contribution in [0.3, 0.4) is 0 Å². The van der Waals surface area contributed by atoms with Crippen LogP contribution in [0.2, 0.25) is 0 Å². The maximum atomic E-state index is 12.7. The number of carbonyl (C=O) groups excluding carboxylic acids is 1. The lowest BCUT2D eigenvalue weighted by Gasteiger charge is -2.25. The summed E-state index contributed by atoms with van der Waals surface area (Å²) < 4.78 is 12.3. The monoisotopic (exact) mass is 377 g/mol. The third-order valence-electron chi connectivity index (χ3n) is 4.39. The smallest absolute Gasteiger partial charge is 0.233 e. The van der Waals surface area contributed by atoms with Crippen LogP contribution >= 0.6 is 23.1 Å². The average molecular weight is 377 g/mol. The lowest BCUT2D eigenvalue weighted by atomic mass is 10.0. The molecule has 0 spiro atoms. The fourth-order valence-corrected chi connectivity index (χ4v) is 4.61. The van der Waals surface area contributed by atoms with E-state index in [1.54, 1.807) is 5.51 Å². The van der Waals surface area contributed by atoms with E-state index >= 15 is 0 Å². The van der Waals surface area contributed by atoms with Gasteiger partial charge in [-0.15, -0.1) is 10.2 Å². The Bertz CT molecular complexity index is 739. The first-order valence-corrected chi connectivity index (χ1v) is 10.3. The number of likely N-dealkylation sites (tertiary alicyclic amines) is 1. The first-order valence-electron chi connectivity index (χ1n) is 8.39. The number of rotatable bonds is 4. The van der Waals surface area contributed by atoms with E-state index in [-0.39, 0.29) is 11.9 Å². The van der Waals surface area contributed by atoms with Gasteiger partial charge in [-0.1, -0.05) is 29.2 Å². The van der Waals surface area contributed by atoms with Crippen LogP contribution in [0.5, 0.6) is 11.5 Å². The fraction of sp³-hybridized carbons (Fsp3) is 0.471. The molecule has 1 saturated heterocycles. The molecule has 1 aromatic carbocycles. The van der Waals surface area contributed by atoms with Crippen LogP contribution in [-0.2, 0) is 4.79 Å². The van der Waals surface area contributed by atoms with Crippen molar-refractivity contribution >= 4 is 29.0 Å². The summed E-state index contributed by atoms with van der Waals surface area (Å²) in [4.78, 5) is 14.7. The Morgan fingerprint density at radius 1 is 1.28 bits per heavy atom. The van der Waals surface area contributed by atoms with Crippen molar-refractivity contribution in [1.29, 1.82) is 0 Å².